The molecule has 61 valence electrons. The van der Waals surface area contributed by atoms with Crippen molar-refractivity contribution in [1.82, 2.24) is 0 Å². The molecule has 0 aliphatic carbocycles. The van der Waals surface area contributed by atoms with Crippen LogP contribution in [0.15, 0.2) is 24.3 Å². The number of benzene rings is 1. The van der Waals surface area contributed by atoms with E-state index in [0.717, 1.165) is 11.4 Å². The normalized spacial score (nSPS) is 8.18. The molecule has 1 rings (SSSR count). The van der Waals surface area contributed by atoms with Crippen molar-refractivity contribution < 1.29 is 5.11 Å². The van der Waals surface area contributed by atoms with E-state index in [2.05, 4.69) is 0 Å². The van der Waals surface area contributed by atoms with E-state index in [4.69, 9.17) is 16.6 Å². The monoisotopic (exact) mass is 153 g/mol. The van der Waals surface area contributed by atoms with Gasteiger partial charge in [0.2, 0.25) is 0 Å². The van der Waals surface area contributed by atoms with Crippen LogP contribution in [0.1, 0.15) is 6.92 Å². The Balaban J connectivity index is 0.000000292. The lowest BCUT2D eigenvalue weighted by Gasteiger charge is -1.90. The lowest BCUT2D eigenvalue weighted by Crippen LogP contribution is -1.86. The van der Waals surface area contributed by atoms with Crippen molar-refractivity contribution >= 4 is 11.4 Å². The number of nitrogens with two attached hydrogens (primary N) is 2. The van der Waals surface area contributed by atoms with E-state index in [1.165, 1.54) is 0 Å². The molecule has 0 fully saturated rings. The minimum Gasteiger partial charge on any atom is -0.399 e. The molecule has 3 nitrogen and oxygen atoms in total. The van der Waals surface area contributed by atoms with E-state index in [1.807, 2.05) is 0 Å². The first-order valence-corrected chi connectivity index (χ1v) is 3.39. The summed E-state index contributed by atoms with van der Waals surface area (Å²) in [6, 6.07) is 7.09. The molecule has 0 aliphatic rings. The highest BCUT2D eigenvalue weighted by atomic mass is 16.2. The van der Waals surface area contributed by atoms with Crippen LogP contribution < -0.4 is 11.5 Å². The Hall–Kier alpha value is -1.22. The minimum atomic E-state index is 0. The van der Waals surface area contributed by atoms with Gasteiger partial charge in [-0.1, -0.05) is 0 Å². The van der Waals surface area contributed by atoms with Gasteiger partial charge in [-0.15, -0.1) is 0 Å². The SMILES string of the molecule is CC[O].Nc1ccc(N)cc1. The van der Waals surface area contributed by atoms with Crippen LogP contribution in [0.4, 0.5) is 11.4 Å². The molecule has 0 aliphatic heterocycles. The molecule has 0 unspecified atom stereocenters. The van der Waals surface area contributed by atoms with Gasteiger partial charge in [0.25, 0.3) is 0 Å². The van der Waals surface area contributed by atoms with Gasteiger partial charge in [-0.25, -0.2) is 5.11 Å². The summed E-state index contributed by atoms with van der Waals surface area (Å²) in [5, 5.41) is 8.93. The van der Waals surface area contributed by atoms with Gasteiger partial charge in [0.05, 0.1) is 6.61 Å². The van der Waals surface area contributed by atoms with Gasteiger partial charge in [0, 0.05) is 11.4 Å². The van der Waals surface area contributed by atoms with Crippen LogP contribution in [0.5, 0.6) is 0 Å². The Morgan fingerprint density at radius 1 is 1.09 bits per heavy atom. The lowest BCUT2D eigenvalue weighted by molar-refractivity contribution is 0.212. The summed E-state index contributed by atoms with van der Waals surface area (Å²) in [7, 11) is 0. The van der Waals surface area contributed by atoms with Crippen molar-refractivity contribution in [1.29, 1.82) is 0 Å². The van der Waals surface area contributed by atoms with Crippen LogP contribution in [-0.2, 0) is 5.11 Å². The van der Waals surface area contributed by atoms with E-state index in [1.54, 1.807) is 31.2 Å². The third-order valence-electron chi connectivity index (χ3n) is 0.936. The molecule has 0 atom stereocenters. The summed E-state index contributed by atoms with van der Waals surface area (Å²) in [4.78, 5) is 0. The smallest absolute Gasteiger partial charge is 0.0794 e. The quantitative estimate of drug-likeness (QED) is 0.551. The fraction of sp³-hybridized carbons (Fsp3) is 0.250. The first-order chi connectivity index (χ1) is 5.20. The van der Waals surface area contributed by atoms with Crippen LogP contribution in [0.2, 0.25) is 0 Å². The molecule has 4 N–H and O–H groups in total. The Labute approximate surface area is 66.6 Å². The van der Waals surface area contributed by atoms with E-state index in [9.17, 15) is 0 Å². The third kappa shape index (κ3) is 5.24. The summed E-state index contributed by atoms with van der Waals surface area (Å²) < 4.78 is 0. The van der Waals surface area contributed by atoms with Gasteiger partial charge in [-0.2, -0.15) is 0 Å². The van der Waals surface area contributed by atoms with Gasteiger partial charge < -0.3 is 11.5 Å². The summed E-state index contributed by atoms with van der Waals surface area (Å²) in [5.41, 5.74) is 12.2. The van der Waals surface area contributed by atoms with Crippen LogP contribution >= 0.6 is 0 Å². The predicted octanol–water partition coefficient (Wildman–Crippen LogP) is 1.29. The average Bonchev–Trinajstić information content (AvgIpc) is 1.97. The maximum Gasteiger partial charge on any atom is 0.0794 e. The van der Waals surface area contributed by atoms with Crippen molar-refractivity contribution in [2.45, 2.75) is 6.92 Å². The molecule has 3 heteroatoms. The summed E-state index contributed by atoms with van der Waals surface area (Å²) >= 11 is 0. The number of anilines is 2. The molecule has 0 bridgehead atoms. The second kappa shape index (κ2) is 5.56. The Kier molecular flexibility index (Phi) is 4.94. The average molecular weight is 153 g/mol. The van der Waals surface area contributed by atoms with Crippen molar-refractivity contribution in [3.8, 4) is 0 Å². The first-order valence-electron chi connectivity index (χ1n) is 3.39. The number of rotatable bonds is 0. The Morgan fingerprint density at radius 2 is 1.27 bits per heavy atom. The van der Waals surface area contributed by atoms with Crippen LogP contribution in [0.3, 0.4) is 0 Å². The van der Waals surface area contributed by atoms with Crippen LogP contribution in [0.25, 0.3) is 0 Å². The van der Waals surface area contributed by atoms with Gasteiger partial charge in [-0.05, 0) is 31.2 Å². The van der Waals surface area contributed by atoms with Crippen LogP contribution in [-0.4, -0.2) is 6.61 Å². The van der Waals surface area contributed by atoms with E-state index < -0.39 is 0 Å². The molecule has 1 aromatic rings. The molecule has 0 amide bonds. The van der Waals surface area contributed by atoms with Gasteiger partial charge in [0.1, 0.15) is 0 Å². The maximum absolute atomic E-state index is 8.93. The number of nitrogen functional groups attached to an aromatic ring is 2. The molecule has 11 heavy (non-hydrogen) atoms. The zero-order valence-corrected chi connectivity index (χ0v) is 6.58. The van der Waals surface area contributed by atoms with Crippen molar-refractivity contribution in [2.75, 3.05) is 18.1 Å². The maximum atomic E-state index is 8.93. The zero-order chi connectivity index (χ0) is 8.69. The topological polar surface area (TPSA) is 71.9 Å². The van der Waals surface area contributed by atoms with Gasteiger partial charge in [0.15, 0.2) is 0 Å². The molecule has 0 saturated heterocycles. The summed E-state index contributed by atoms with van der Waals surface area (Å²) in [6.07, 6.45) is 0. The molecular formula is C8H13N2O. The zero-order valence-electron chi connectivity index (χ0n) is 6.58. The van der Waals surface area contributed by atoms with Crippen molar-refractivity contribution in [2.24, 2.45) is 0 Å². The minimum absolute atomic E-state index is 0. The van der Waals surface area contributed by atoms with Crippen LogP contribution in [0, 0.1) is 0 Å². The fourth-order valence-electron chi connectivity index (χ4n) is 0.496. The lowest BCUT2D eigenvalue weighted by atomic mass is 10.3. The van der Waals surface area contributed by atoms with Crippen molar-refractivity contribution in [3.63, 3.8) is 0 Å². The highest BCUT2D eigenvalue weighted by molar-refractivity contribution is 5.47. The largest absolute Gasteiger partial charge is 0.399 e. The number of hydrogen-bond donors (Lipinski definition) is 2. The molecule has 1 aromatic carbocycles. The second-order valence-corrected chi connectivity index (χ2v) is 1.96. The molecule has 1 radical (unpaired) electrons. The standard InChI is InChI=1S/C6H8N2.C2H5O/c7-5-1-2-6(8)4-3-5;1-2-3/h1-4H,7-8H2;2H2,1H3. The highest BCUT2D eigenvalue weighted by Crippen LogP contribution is 2.04. The highest BCUT2D eigenvalue weighted by Gasteiger charge is 1.80. The summed E-state index contributed by atoms with van der Waals surface area (Å²) in [5.74, 6) is 0. The second-order valence-electron chi connectivity index (χ2n) is 1.96. The molecule has 0 heterocycles. The number of hydrogen-bond acceptors (Lipinski definition) is 2. The van der Waals surface area contributed by atoms with E-state index >= 15 is 0 Å². The molecule has 0 saturated carbocycles. The Bertz CT molecular complexity index is 163. The first kappa shape index (κ1) is 9.78. The molecular weight excluding hydrogens is 140 g/mol. The van der Waals surface area contributed by atoms with Crippen molar-refractivity contribution in [3.05, 3.63) is 24.3 Å². The third-order valence-corrected chi connectivity index (χ3v) is 0.936. The molecule has 0 spiro atoms. The molecule has 0 aromatic heterocycles. The van der Waals surface area contributed by atoms with E-state index in [-0.39, 0.29) is 6.61 Å². The fourth-order valence-corrected chi connectivity index (χ4v) is 0.496. The van der Waals surface area contributed by atoms with Gasteiger partial charge >= 0.3 is 0 Å². The van der Waals surface area contributed by atoms with Gasteiger partial charge in [-0.3, -0.25) is 0 Å². The summed E-state index contributed by atoms with van der Waals surface area (Å²) in [6.45, 7) is 1.57. The Morgan fingerprint density at radius 3 is 1.45 bits per heavy atom. The van der Waals surface area contributed by atoms with E-state index in [0.29, 0.717) is 0 Å². The predicted molar refractivity (Wildman–Crippen MR) is 46.5 cm³/mol.